The molecule has 0 fully saturated rings. The van der Waals surface area contributed by atoms with Gasteiger partial charge in [-0.25, -0.2) is 4.98 Å². The quantitative estimate of drug-likeness (QED) is 0.611. The van der Waals surface area contributed by atoms with E-state index in [4.69, 9.17) is 5.73 Å². The number of imidazole rings is 1. The van der Waals surface area contributed by atoms with Crippen LogP contribution in [0, 0.1) is 5.92 Å². The van der Waals surface area contributed by atoms with Crippen molar-refractivity contribution >= 4 is 17.8 Å². The number of hydrogen-bond acceptors (Lipinski definition) is 5. The van der Waals surface area contributed by atoms with Gasteiger partial charge < -0.3 is 25.8 Å². The van der Waals surface area contributed by atoms with Crippen LogP contribution in [0.25, 0.3) is 0 Å². The SMILES string of the molecule is CC(C)[C@H](N)C(=O)NCC(=O)NCc1cnc(N(C)C)n1C. The van der Waals surface area contributed by atoms with E-state index < -0.39 is 6.04 Å². The van der Waals surface area contributed by atoms with Crippen LogP contribution >= 0.6 is 0 Å². The van der Waals surface area contributed by atoms with Gasteiger partial charge in [0.25, 0.3) is 0 Å². The number of aromatic nitrogens is 2. The molecule has 1 heterocycles. The van der Waals surface area contributed by atoms with Crippen LogP contribution in [0.1, 0.15) is 19.5 Å². The second kappa shape index (κ2) is 7.79. The minimum absolute atomic E-state index is 0.0296. The zero-order valence-electron chi connectivity index (χ0n) is 13.9. The van der Waals surface area contributed by atoms with Crippen LogP contribution in [0.3, 0.4) is 0 Å². The first-order valence-electron chi connectivity index (χ1n) is 7.22. The van der Waals surface area contributed by atoms with Gasteiger partial charge in [-0.3, -0.25) is 9.59 Å². The van der Waals surface area contributed by atoms with E-state index >= 15 is 0 Å². The van der Waals surface area contributed by atoms with Gasteiger partial charge in [-0.2, -0.15) is 0 Å². The fraction of sp³-hybridized carbons (Fsp3) is 0.643. The first-order valence-corrected chi connectivity index (χ1v) is 7.22. The van der Waals surface area contributed by atoms with Crippen molar-refractivity contribution in [2.45, 2.75) is 26.4 Å². The minimum atomic E-state index is -0.604. The van der Waals surface area contributed by atoms with Crippen molar-refractivity contribution in [2.24, 2.45) is 18.7 Å². The minimum Gasteiger partial charge on any atom is -0.349 e. The van der Waals surface area contributed by atoms with Crippen LogP contribution < -0.4 is 21.3 Å². The Morgan fingerprint density at radius 2 is 2.00 bits per heavy atom. The monoisotopic (exact) mass is 310 g/mol. The number of nitrogens with two attached hydrogens (primary N) is 1. The smallest absolute Gasteiger partial charge is 0.239 e. The van der Waals surface area contributed by atoms with Crippen LogP contribution in [-0.2, 0) is 23.2 Å². The molecule has 8 heteroatoms. The van der Waals surface area contributed by atoms with Crippen molar-refractivity contribution in [1.29, 1.82) is 0 Å². The van der Waals surface area contributed by atoms with Crippen LogP contribution in [0.4, 0.5) is 5.95 Å². The second-order valence-electron chi connectivity index (χ2n) is 5.77. The Kier molecular flexibility index (Phi) is 6.36. The van der Waals surface area contributed by atoms with Crippen molar-refractivity contribution in [1.82, 2.24) is 20.2 Å². The molecule has 124 valence electrons. The molecule has 0 aromatic carbocycles. The van der Waals surface area contributed by atoms with Gasteiger partial charge in [-0.15, -0.1) is 0 Å². The van der Waals surface area contributed by atoms with Crippen molar-refractivity contribution < 1.29 is 9.59 Å². The van der Waals surface area contributed by atoms with Gasteiger partial charge in [-0.1, -0.05) is 13.8 Å². The summed E-state index contributed by atoms with van der Waals surface area (Å²) in [6.45, 7) is 3.98. The van der Waals surface area contributed by atoms with Gasteiger partial charge in [0, 0.05) is 21.1 Å². The third-order valence-corrected chi connectivity index (χ3v) is 3.37. The van der Waals surface area contributed by atoms with Gasteiger partial charge in [0.1, 0.15) is 0 Å². The number of nitrogens with zero attached hydrogens (tertiary/aromatic N) is 3. The fourth-order valence-electron chi connectivity index (χ4n) is 1.85. The Labute approximate surface area is 131 Å². The molecule has 0 aliphatic carbocycles. The van der Waals surface area contributed by atoms with Gasteiger partial charge in [0.05, 0.1) is 31.0 Å². The number of amides is 2. The molecule has 1 rings (SSSR count). The van der Waals surface area contributed by atoms with Gasteiger partial charge in [0.2, 0.25) is 17.8 Å². The Morgan fingerprint density at radius 1 is 1.36 bits per heavy atom. The van der Waals surface area contributed by atoms with E-state index in [1.807, 2.05) is 44.5 Å². The molecule has 8 nitrogen and oxygen atoms in total. The summed E-state index contributed by atoms with van der Waals surface area (Å²) in [7, 11) is 5.68. The summed E-state index contributed by atoms with van der Waals surface area (Å²) in [5.41, 5.74) is 6.58. The zero-order valence-corrected chi connectivity index (χ0v) is 13.9. The number of anilines is 1. The standard InChI is InChI=1S/C14H26N6O2/c1-9(2)12(15)13(22)17-8-11(21)16-6-10-7-18-14(19(3)4)20(10)5/h7,9,12H,6,8,15H2,1-5H3,(H,16,21)(H,17,22)/t12-/m0/s1. The highest BCUT2D eigenvalue weighted by atomic mass is 16.2. The molecule has 0 unspecified atom stereocenters. The molecule has 0 aliphatic heterocycles. The van der Waals surface area contributed by atoms with E-state index in [0.29, 0.717) is 6.54 Å². The van der Waals surface area contributed by atoms with E-state index in [0.717, 1.165) is 11.6 Å². The van der Waals surface area contributed by atoms with Gasteiger partial charge >= 0.3 is 0 Å². The van der Waals surface area contributed by atoms with Crippen molar-refractivity contribution in [3.8, 4) is 0 Å². The van der Waals surface area contributed by atoms with Crippen LogP contribution in [0.2, 0.25) is 0 Å². The van der Waals surface area contributed by atoms with E-state index in [9.17, 15) is 9.59 Å². The summed E-state index contributed by atoms with van der Waals surface area (Å²) in [6.07, 6.45) is 1.71. The molecule has 1 aromatic heterocycles. The maximum absolute atomic E-state index is 11.8. The number of hydrogen-bond donors (Lipinski definition) is 3. The molecule has 4 N–H and O–H groups in total. The number of carbonyl (C=O) groups is 2. The highest BCUT2D eigenvalue weighted by Gasteiger charge is 2.17. The predicted octanol–water partition coefficient (Wildman–Crippen LogP) is -0.798. The van der Waals surface area contributed by atoms with Gasteiger partial charge in [-0.05, 0) is 5.92 Å². The first-order chi connectivity index (χ1) is 10.2. The predicted molar refractivity (Wildman–Crippen MR) is 85.2 cm³/mol. The average Bonchev–Trinajstić information content (AvgIpc) is 2.82. The molecule has 0 bridgehead atoms. The summed E-state index contributed by atoms with van der Waals surface area (Å²) in [5, 5.41) is 5.27. The van der Waals surface area contributed by atoms with Crippen LogP contribution in [0.5, 0.6) is 0 Å². The maximum Gasteiger partial charge on any atom is 0.239 e. The lowest BCUT2D eigenvalue weighted by molar-refractivity contribution is -0.127. The van der Waals surface area contributed by atoms with Crippen LogP contribution in [0.15, 0.2) is 6.20 Å². The molecule has 0 saturated heterocycles. The number of nitrogens with one attached hydrogen (secondary N) is 2. The molecule has 0 radical (unpaired) electrons. The van der Waals surface area contributed by atoms with E-state index in [1.54, 1.807) is 6.20 Å². The van der Waals surface area contributed by atoms with E-state index in [2.05, 4.69) is 15.6 Å². The topological polar surface area (TPSA) is 105 Å². The average molecular weight is 310 g/mol. The maximum atomic E-state index is 11.8. The molecule has 1 aromatic rings. The van der Waals surface area contributed by atoms with Crippen molar-refractivity contribution in [3.05, 3.63) is 11.9 Å². The highest BCUT2D eigenvalue weighted by Crippen LogP contribution is 2.10. The van der Waals surface area contributed by atoms with E-state index in [1.165, 1.54) is 0 Å². The summed E-state index contributed by atoms with van der Waals surface area (Å²) in [4.78, 5) is 29.6. The Hall–Kier alpha value is -2.09. The lowest BCUT2D eigenvalue weighted by atomic mass is 10.1. The molecule has 0 saturated carbocycles. The summed E-state index contributed by atoms with van der Waals surface area (Å²) in [5.74, 6) is 0.250. The number of carbonyl (C=O) groups excluding carboxylic acids is 2. The summed E-state index contributed by atoms with van der Waals surface area (Å²) < 4.78 is 1.90. The first kappa shape index (κ1) is 18.0. The number of rotatable bonds is 7. The van der Waals surface area contributed by atoms with E-state index in [-0.39, 0.29) is 24.3 Å². The molecule has 0 spiro atoms. The van der Waals surface area contributed by atoms with Gasteiger partial charge in [0.15, 0.2) is 0 Å². The lowest BCUT2D eigenvalue weighted by Gasteiger charge is -2.15. The molecular formula is C14H26N6O2. The van der Waals surface area contributed by atoms with Crippen molar-refractivity contribution in [2.75, 3.05) is 25.5 Å². The molecule has 0 aliphatic rings. The molecule has 1 atom stereocenters. The van der Waals surface area contributed by atoms with Crippen molar-refractivity contribution in [3.63, 3.8) is 0 Å². The molecule has 2 amide bonds. The normalized spacial score (nSPS) is 12.1. The third-order valence-electron chi connectivity index (χ3n) is 3.37. The Bertz CT molecular complexity index is 523. The zero-order chi connectivity index (χ0) is 16.9. The summed E-state index contributed by atoms with van der Waals surface area (Å²) >= 11 is 0. The third kappa shape index (κ3) is 4.73. The highest BCUT2D eigenvalue weighted by molar-refractivity contribution is 5.87. The molecular weight excluding hydrogens is 284 g/mol. The Balaban J connectivity index is 2.42. The fourth-order valence-corrected chi connectivity index (χ4v) is 1.85. The second-order valence-corrected chi connectivity index (χ2v) is 5.77. The van der Waals surface area contributed by atoms with Crippen LogP contribution in [-0.4, -0.2) is 48.0 Å². The summed E-state index contributed by atoms with van der Waals surface area (Å²) in [6, 6.07) is -0.604. The largest absolute Gasteiger partial charge is 0.349 e. The lowest BCUT2D eigenvalue weighted by Crippen LogP contribution is -2.47. The Morgan fingerprint density at radius 3 is 2.50 bits per heavy atom. The molecule has 22 heavy (non-hydrogen) atoms.